The van der Waals surface area contributed by atoms with Crippen LogP contribution in [0, 0.1) is 5.92 Å². The van der Waals surface area contributed by atoms with Gasteiger partial charge in [-0.05, 0) is 32.2 Å². The van der Waals surface area contributed by atoms with Crippen molar-refractivity contribution in [2.24, 2.45) is 5.92 Å². The normalized spacial score (nSPS) is 11.9. The van der Waals surface area contributed by atoms with Gasteiger partial charge >= 0.3 is 0 Å². The summed E-state index contributed by atoms with van der Waals surface area (Å²) in [5.74, 6) is 0.789. The van der Waals surface area contributed by atoms with Gasteiger partial charge in [-0.2, -0.15) is 0 Å². The van der Waals surface area contributed by atoms with E-state index < -0.39 is 0 Å². The minimum Gasteiger partial charge on any atom is -0.359 e. The van der Waals surface area contributed by atoms with Gasteiger partial charge in [0.2, 0.25) is 11.8 Å². The highest BCUT2D eigenvalue weighted by Crippen LogP contribution is 2.20. The monoisotopic (exact) mass is 285 g/mol. The van der Waals surface area contributed by atoms with E-state index in [0.29, 0.717) is 25.3 Å². The molecule has 5 nitrogen and oxygen atoms in total. The topological polar surface area (TPSA) is 70.2 Å². The molecule has 1 atom stereocenters. The Bertz CT molecular complexity index is 270. The second kappa shape index (κ2) is 12.9. The van der Waals surface area contributed by atoms with Crippen LogP contribution in [0.25, 0.3) is 0 Å². The van der Waals surface area contributed by atoms with E-state index >= 15 is 0 Å². The van der Waals surface area contributed by atoms with Crippen LogP contribution in [0.3, 0.4) is 0 Å². The van der Waals surface area contributed by atoms with E-state index in [1.165, 1.54) is 0 Å². The quantitative estimate of drug-likeness (QED) is 0.475. The van der Waals surface area contributed by atoms with Crippen molar-refractivity contribution in [3.8, 4) is 0 Å². The molecule has 0 radical (unpaired) electrons. The van der Waals surface area contributed by atoms with Crippen LogP contribution in [0.1, 0.15) is 51.9 Å². The van der Waals surface area contributed by atoms with Crippen molar-refractivity contribution in [1.29, 1.82) is 0 Å². The fraction of sp³-hybridized carbons (Fsp3) is 0.867. The molecule has 118 valence electrons. The highest BCUT2D eigenvalue weighted by Gasteiger charge is 2.11. The van der Waals surface area contributed by atoms with Crippen molar-refractivity contribution in [2.75, 3.05) is 27.2 Å². The molecular formula is C15H31N3O2. The Balaban J connectivity index is 3.83. The minimum atomic E-state index is 0.102. The Morgan fingerprint density at radius 1 is 0.950 bits per heavy atom. The molecule has 3 N–H and O–H groups in total. The van der Waals surface area contributed by atoms with Gasteiger partial charge in [-0.15, -0.1) is 0 Å². The maximum absolute atomic E-state index is 11.7. The van der Waals surface area contributed by atoms with Gasteiger partial charge in [-0.1, -0.05) is 19.8 Å². The van der Waals surface area contributed by atoms with Crippen molar-refractivity contribution in [3.63, 3.8) is 0 Å². The summed E-state index contributed by atoms with van der Waals surface area (Å²) >= 11 is 0. The van der Waals surface area contributed by atoms with Crippen LogP contribution in [0.15, 0.2) is 0 Å². The van der Waals surface area contributed by atoms with Crippen molar-refractivity contribution in [2.45, 2.75) is 51.9 Å². The molecule has 0 rings (SSSR count). The number of hydrogen-bond donors (Lipinski definition) is 3. The van der Waals surface area contributed by atoms with E-state index in [0.717, 1.165) is 38.6 Å². The van der Waals surface area contributed by atoms with Crippen LogP contribution >= 0.6 is 0 Å². The molecular weight excluding hydrogens is 254 g/mol. The highest BCUT2D eigenvalue weighted by molar-refractivity contribution is 5.76. The lowest BCUT2D eigenvalue weighted by Gasteiger charge is -2.15. The second-order valence-corrected chi connectivity index (χ2v) is 5.21. The lowest BCUT2D eigenvalue weighted by Crippen LogP contribution is -2.30. The summed E-state index contributed by atoms with van der Waals surface area (Å²) in [6, 6.07) is 0. The summed E-state index contributed by atoms with van der Waals surface area (Å²) < 4.78 is 0. The standard InChI is InChI=1S/C15H31N3O2/c1-4-6-13(7-5-8-14(19)17-3)9-10-15(20)18-12-11-16-2/h13,16H,4-12H2,1-3H3,(H,17,19)(H,18,20). The maximum atomic E-state index is 11.7. The molecule has 0 bridgehead atoms. The fourth-order valence-electron chi connectivity index (χ4n) is 2.27. The van der Waals surface area contributed by atoms with Gasteiger partial charge < -0.3 is 16.0 Å². The van der Waals surface area contributed by atoms with E-state index in [4.69, 9.17) is 0 Å². The van der Waals surface area contributed by atoms with Crippen molar-refractivity contribution >= 4 is 11.8 Å². The van der Waals surface area contributed by atoms with E-state index in [9.17, 15) is 9.59 Å². The summed E-state index contributed by atoms with van der Waals surface area (Å²) in [6.45, 7) is 3.65. The molecule has 0 aliphatic heterocycles. The lowest BCUT2D eigenvalue weighted by molar-refractivity contribution is -0.122. The first kappa shape index (κ1) is 18.9. The van der Waals surface area contributed by atoms with Crippen LogP contribution < -0.4 is 16.0 Å². The first-order chi connectivity index (χ1) is 9.63. The molecule has 0 fully saturated rings. The van der Waals surface area contributed by atoms with Crippen LogP contribution in [0.5, 0.6) is 0 Å². The maximum Gasteiger partial charge on any atom is 0.220 e. The van der Waals surface area contributed by atoms with Crippen molar-refractivity contribution < 1.29 is 9.59 Å². The molecule has 1 unspecified atom stereocenters. The van der Waals surface area contributed by atoms with Crippen molar-refractivity contribution in [3.05, 3.63) is 0 Å². The summed E-state index contributed by atoms with van der Waals surface area (Å²) in [5, 5.41) is 8.54. The number of nitrogens with one attached hydrogen (secondary N) is 3. The Labute approximate surface area is 123 Å². The van der Waals surface area contributed by atoms with Gasteiger partial charge in [-0.25, -0.2) is 0 Å². The molecule has 0 aliphatic carbocycles. The van der Waals surface area contributed by atoms with E-state index in [1.807, 2.05) is 7.05 Å². The third-order valence-electron chi connectivity index (χ3n) is 3.47. The third kappa shape index (κ3) is 10.8. The molecule has 0 saturated heterocycles. The zero-order valence-corrected chi connectivity index (χ0v) is 13.3. The fourth-order valence-corrected chi connectivity index (χ4v) is 2.27. The Hall–Kier alpha value is -1.10. The number of carbonyl (C=O) groups excluding carboxylic acids is 2. The zero-order valence-electron chi connectivity index (χ0n) is 13.3. The summed E-state index contributed by atoms with van der Waals surface area (Å²) in [4.78, 5) is 22.8. The molecule has 0 heterocycles. The summed E-state index contributed by atoms with van der Waals surface area (Å²) in [5.41, 5.74) is 0. The van der Waals surface area contributed by atoms with Gasteiger partial charge in [0.1, 0.15) is 0 Å². The Morgan fingerprint density at radius 3 is 2.30 bits per heavy atom. The first-order valence-corrected chi connectivity index (χ1v) is 7.75. The van der Waals surface area contributed by atoms with Gasteiger partial charge in [0.25, 0.3) is 0 Å². The lowest BCUT2D eigenvalue weighted by atomic mass is 9.92. The number of hydrogen-bond acceptors (Lipinski definition) is 3. The Kier molecular flexibility index (Phi) is 12.2. The van der Waals surface area contributed by atoms with Gasteiger partial charge in [0, 0.05) is 33.0 Å². The summed E-state index contributed by atoms with van der Waals surface area (Å²) in [6.07, 6.45) is 6.31. The van der Waals surface area contributed by atoms with E-state index in [-0.39, 0.29) is 11.8 Å². The number of rotatable bonds is 12. The zero-order chi connectivity index (χ0) is 15.2. The molecule has 0 aromatic rings. The van der Waals surface area contributed by atoms with Gasteiger partial charge in [0.05, 0.1) is 0 Å². The van der Waals surface area contributed by atoms with E-state index in [1.54, 1.807) is 7.05 Å². The largest absolute Gasteiger partial charge is 0.359 e. The predicted molar refractivity (Wildman–Crippen MR) is 82.5 cm³/mol. The van der Waals surface area contributed by atoms with Crippen LogP contribution in [-0.2, 0) is 9.59 Å². The minimum absolute atomic E-state index is 0.102. The van der Waals surface area contributed by atoms with Gasteiger partial charge in [-0.3, -0.25) is 9.59 Å². The molecule has 20 heavy (non-hydrogen) atoms. The summed E-state index contributed by atoms with van der Waals surface area (Å²) in [7, 11) is 3.54. The smallest absolute Gasteiger partial charge is 0.220 e. The second-order valence-electron chi connectivity index (χ2n) is 5.21. The average molecular weight is 285 g/mol. The number of amides is 2. The first-order valence-electron chi connectivity index (χ1n) is 7.75. The molecule has 2 amide bonds. The highest BCUT2D eigenvalue weighted by atomic mass is 16.2. The van der Waals surface area contributed by atoms with Crippen LogP contribution in [0.2, 0.25) is 0 Å². The molecule has 0 aromatic heterocycles. The Morgan fingerprint density at radius 2 is 1.70 bits per heavy atom. The van der Waals surface area contributed by atoms with Crippen LogP contribution in [0.4, 0.5) is 0 Å². The van der Waals surface area contributed by atoms with Crippen LogP contribution in [-0.4, -0.2) is 39.0 Å². The number of carbonyl (C=O) groups is 2. The molecule has 0 spiro atoms. The molecule has 0 aliphatic rings. The van der Waals surface area contributed by atoms with Crippen molar-refractivity contribution in [1.82, 2.24) is 16.0 Å². The number of likely N-dealkylation sites (N-methyl/N-ethyl adjacent to an activating group) is 1. The molecule has 0 aromatic carbocycles. The SMILES string of the molecule is CCCC(CCCC(=O)NC)CCC(=O)NCCNC. The average Bonchev–Trinajstić information content (AvgIpc) is 2.44. The molecule has 5 heteroatoms. The van der Waals surface area contributed by atoms with Gasteiger partial charge in [0.15, 0.2) is 0 Å². The predicted octanol–water partition coefficient (Wildman–Crippen LogP) is 1.43. The third-order valence-corrected chi connectivity index (χ3v) is 3.47. The molecule has 0 saturated carbocycles. The van der Waals surface area contributed by atoms with E-state index in [2.05, 4.69) is 22.9 Å².